The average Bonchev–Trinajstić information content (AvgIpc) is 2.90. The number of hydrogen-bond donors (Lipinski definition) is 0. The molecule has 3 nitrogen and oxygen atoms in total. The maximum absolute atomic E-state index is 12.2. The molecule has 0 radical (unpaired) electrons. The highest BCUT2D eigenvalue weighted by Crippen LogP contribution is 2.33. The van der Waals surface area contributed by atoms with Crippen molar-refractivity contribution in [3.8, 4) is 0 Å². The number of pyridine rings is 1. The predicted octanol–water partition coefficient (Wildman–Crippen LogP) is 3.57. The number of rotatable bonds is 3. The van der Waals surface area contributed by atoms with Gasteiger partial charge in [0, 0.05) is 35.6 Å². The molecule has 1 aromatic heterocycles. The third kappa shape index (κ3) is 3.12. The third-order valence-electron chi connectivity index (χ3n) is 4.63. The zero-order valence-electron chi connectivity index (χ0n) is 11.7. The Morgan fingerprint density at radius 1 is 1.25 bits per heavy atom. The van der Waals surface area contributed by atoms with Crippen molar-refractivity contribution >= 4 is 21.7 Å². The van der Waals surface area contributed by atoms with Crippen LogP contribution < -0.4 is 0 Å². The van der Waals surface area contributed by atoms with Crippen molar-refractivity contribution in [3.63, 3.8) is 0 Å². The molecule has 0 amide bonds. The van der Waals surface area contributed by atoms with Crippen molar-refractivity contribution < 1.29 is 4.79 Å². The SMILES string of the molecule is O=C1CCCCC1C1CCCN1Cc1ccc(Br)cn1. The molecule has 0 aromatic carbocycles. The van der Waals surface area contributed by atoms with E-state index >= 15 is 0 Å². The maximum atomic E-state index is 12.2. The van der Waals surface area contributed by atoms with E-state index in [1.54, 1.807) is 0 Å². The molecule has 1 aromatic rings. The second kappa shape index (κ2) is 6.35. The third-order valence-corrected chi connectivity index (χ3v) is 5.10. The van der Waals surface area contributed by atoms with Crippen LogP contribution in [0.15, 0.2) is 22.8 Å². The van der Waals surface area contributed by atoms with Crippen LogP contribution in [0, 0.1) is 5.92 Å². The number of Topliss-reactive ketones (excluding diaryl/α,β-unsaturated/α-hetero) is 1. The van der Waals surface area contributed by atoms with Gasteiger partial charge in [0.1, 0.15) is 5.78 Å². The lowest BCUT2D eigenvalue weighted by Gasteiger charge is -2.32. The van der Waals surface area contributed by atoms with Gasteiger partial charge in [-0.25, -0.2) is 0 Å². The first-order valence-corrected chi connectivity index (χ1v) is 8.40. The van der Waals surface area contributed by atoms with Crippen molar-refractivity contribution in [2.24, 2.45) is 5.92 Å². The Balaban J connectivity index is 1.68. The molecule has 4 heteroatoms. The Kier molecular flexibility index (Phi) is 4.51. The lowest BCUT2D eigenvalue weighted by molar-refractivity contribution is -0.126. The first kappa shape index (κ1) is 14.2. The van der Waals surface area contributed by atoms with Crippen molar-refractivity contribution in [1.82, 2.24) is 9.88 Å². The highest BCUT2D eigenvalue weighted by atomic mass is 79.9. The Morgan fingerprint density at radius 2 is 2.15 bits per heavy atom. The number of ketones is 1. The number of likely N-dealkylation sites (tertiary alicyclic amines) is 1. The minimum atomic E-state index is 0.279. The minimum absolute atomic E-state index is 0.279. The molecular formula is C16H21BrN2O. The Morgan fingerprint density at radius 3 is 2.90 bits per heavy atom. The van der Waals surface area contributed by atoms with Crippen LogP contribution in [0.5, 0.6) is 0 Å². The average molecular weight is 337 g/mol. The molecule has 0 N–H and O–H groups in total. The van der Waals surface area contributed by atoms with Crippen LogP contribution in [0.3, 0.4) is 0 Å². The Hall–Kier alpha value is -0.740. The highest BCUT2D eigenvalue weighted by Gasteiger charge is 2.36. The minimum Gasteiger partial charge on any atom is -0.299 e. The number of hydrogen-bond acceptors (Lipinski definition) is 3. The standard InChI is InChI=1S/C16H21BrN2O/c17-12-7-8-13(18-10-12)11-19-9-3-5-15(19)14-4-1-2-6-16(14)20/h7-8,10,14-15H,1-6,9,11H2. The van der Waals surface area contributed by atoms with Crippen molar-refractivity contribution in [2.45, 2.75) is 51.1 Å². The smallest absolute Gasteiger partial charge is 0.137 e. The molecule has 1 saturated heterocycles. The normalized spacial score (nSPS) is 27.9. The van der Waals surface area contributed by atoms with E-state index in [4.69, 9.17) is 0 Å². The van der Waals surface area contributed by atoms with E-state index in [0.29, 0.717) is 11.8 Å². The molecule has 1 saturated carbocycles. The summed E-state index contributed by atoms with van der Waals surface area (Å²) < 4.78 is 1.02. The van der Waals surface area contributed by atoms with Gasteiger partial charge >= 0.3 is 0 Å². The fraction of sp³-hybridized carbons (Fsp3) is 0.625. The number of carbonyl (C=O) groups is 1. The van der Waals surface area contributed by atoms with E-state index in [2.05, 4.69) is 31.9 Å². The van der Waals surface area contributed by atoms with Gasteiger partial charge in [0.25, 0.3) is 0 Å². The fourth-order valence-corrected chi connectivity index (χ4v) is 3.86. The van der Waals surface area contributed by atoms with Gasteiger partial charge in [0.15, 0.2) is 0 Å². The van der Waals surface area contributed by atoms with Gasteiger partial charge in [-0.15, -0.1) is 0 Å². The first-order valence-electron chi connectivity index (χ1n) is 7.61. The molecule has 1 aliphatic heterocycles. The molecule has 2 fully saturated rings. The molecular weight excluding hydrogens is 316 g/mol. The summed E-state index contributed by atoms with van der Waals surface area (Å²) in [7, 11) is 0. The largest absolute Gasteiger partial charge is 0.299 e. The van der Waals surface area contributed by atoms with Crippen molar-refractivity contribution in [3.05, 3.63) is 28.5 Å². The monoisotopic (exact) mass is 336 g/mol. The van der Waals surface area contributed by atoms with E-state index in [-0.39, 0.29) is 5.92 Å². The van der Waals surface area contributed by atoms with Crippen molar-refractivity contribution in [1.29, 1.82) is 0 Å². The summed E-state index contributed by atoms with van der Waals surface area (Å²) in [5, 5.41) is 0. The second-order valence-electron chi connectivity index (χ2n) is 5.97. The van der Waals surface area contributed by atoms with Gasteiger partial charge in [-0.1, -0.05) is 6.42 Å². The molecule has 2 aliphatic rings. The van der Waals surface area contributed by atoms with E-state index in [1.165, 1.54) is 19.3 Å². The fourth-order valence-electron chi connectivity index (χ4n) is 3.63. The van der Waals surface area contributed by atoms with E-state index < -0.39 is 0 Å². The summed E-state index contributed by atoms with van der Waals surface area (Å²) >= 11 is 3.42. The van der Waals surface area contributed by atoms with Gasteiger partial charge in [0.05, 0.1) is 5.69 Å². The maximum Gasteiger partial charge on any atom is 0.137 e. The van der Waals surface area contributed by atoms with Gasteiger partial charge in [-0.05, 0) is 60.3 Å². The summed E-state index contributed by atoms with van der Waals surface area (Å²) in [4.78, 5) is 19.1. The van der Waals surface area contributed by atoms with E-state index in [9.17, 15) is 4.79 Å². The molecule has 2 atom stereocenters. The molecule has 2 unspecified atom stereocenters. The summed E-state index contributed by atoms with van der Waals surface area (Å²) in [6.07, 6.45) is 8.44. The Labute approximate surface area is 128 Å². The van der Waals surface area contributed by atoms with Crippen LogP contribution in [0.4, 0.5) is 0 Å². The first-order chi connectivity index (χ1) is 9.74. The number of aromatic nitrogens is 1. The van der Waals surface area contributed by atoms with Crippen LogP contribution in [0.1, 0.15) is 44.2 Å². The van der Waals surface area contributed by atoms with Crippen molar-refractivity contribution in [2.75, 3.05) is 6.54 Å². The van der Waals surface area contributed by atoms with Crippen LogP contribution in [-0.2, 0) is 11.3 Å². The summed E-state index contributed by atoms with van der Waals surface area (Å²) in [5.41, 5.74) is 1.10. The van der Waals surface area contributed by atoms with Crippen LogP contribution in [0.25, 0.3) is 0 Å². The number of carbonyl (C=O) groups excluding carboxylic acids is 1. The van der Waals surface area contributed by atoms with Gasteiger partial charge in [-0.2, -0.15) is 0 Å². The highest BCUT2D eigenvalue weighted by molar-refractivity contribution is 9.10. The molecule has 20 heavy (non-hydrogen) atoms. The topological polar surface area (TPSA) is 33.2 Å². The molecule has 3 rings (SSSR count). The lowest BCUT2D eigenvalue weighted by Crippen LogP contribution is -2.40. The molecule has 1 aliphatic carbocycles. The van der Waals surface area contributed by atoms with E-state index in [0.717, 1.165) is 42.5 Å². The van der Waals surface area contributed by atoms with Gasteiger partial charge in [-0.3, -0.25) is 14.7 Å². The van der Waals surface area contributed by atoms with Gasteiger partial charge < -0.3 is 0 Å². The second-order valence-corrected chi connectivity index (χ2v) is 6.88. The number of nitrogens with zero attached hydrogens (tertiary/aromatic N) is 2. The number of halogens is 1. The van der Waals surface area contributed by atoms with Crippen LogP contribution in [0.2, 0.25) is 0 Å². The quantitative estimate of drug-likeness (QED) is 0.845. The zero-order valence-corrected chi connectivity index (χ0v) is 13.3. The van der Waals surface area contributed by atoms with Crippen LogP contribution in [-0.4, -0.2) is 28.3 Å². The van der Waals surface area contributed by atoms with Crippen LogP contribution >= 0.6 is 15.9 Å². The summed E-state index contributed by atoms with van der Waals surface area (Å²) in [6.45, 7) is 1.98. The summed E-state index contributed by atoms with van der Waals surface area (Å²) in [5.74, 6) is 0.776. The molecule has 108 valence electrons. The predicted molar refractivity (Wildman–Crippen MR) is 82.3 cm³/mol. The molecule has 2 heterocycles. The van der Waals surface area contributed by atoms with E-state index in [1.807, 2.05) is 12.3 Å². The zero-order chi connectivity index (χ0) is 13.9. The lowest BCUT2D eigenvalue weighted by atomic mass is 9.82. The molecule has 0 bridgehead atoms. The summed E-state index contributed by atoms with van der Waals surface area (Å²) in [6, 6.07) is 4.56. The van der Waals surface area contributed by atoms with Gasteiger partial charge in [0.2, 0.25) is 0 Å². The Bertz CT molecular complexity index is 474. The molecule has 0 spiro atoms.